The lowest BCUT2D eigenvalue weighted by molar-refractivity contribution is -0.936. The molecule has 1 aliphatic rings. The Morgan fingerprint density at radius 1 is 1.32 bits per heavy atom. The van der Waals surface area contributed by atoms with Gasteiger partial charge in [-0.25, -0.2) is 4.79 Å². The summed E-state index contributed by atoms with van der Waals surface area (Å²) in [5, 5.41) is 3.44. The molecule has 1 atom stereocenters. The first-order chi connectivity index (χ1) is 11.9. The van der Waals surface area contributed by atoms with E-state index in [1.54, 1.807) is 12.1 Å². The lowest BCUT2D eigenvalue weighted by Gasteiger charge is -2.27. The number of hydrogen-bond donors (Lipinski definition) is 2. The van der Waals surface area contributed by atoms with Crippen LogP contribution in [0.4, 0.5) is 5.00 Å². The molecular formula is C17H20ClN2O3S2+. The quantitative estimate of drug-likeness (QED) is 0.777. The van der Waals surface area contributed by atoms with Crippen molar-refractivity contribution >= 4 is 51.2 Å². The van der Waals surface area contributed by atoms with Gasteiger partial charge in [0.1, 0.15) is 11.5 Å². The minimum absolute atomic E-state index is 0.256. The van der Waals surface area contributed by atoms with Gasteiger partial charge in [-0.2, -0.15) is 0 Å². The third-order valence-electron chi connectivity index (χ3n) is 4.40. The first-order valence-corrected chi connectivity index (χ1v) is 10.1. The highest BCUT2D eigenvalue weighted by atomic mass is 35.5. The molecule has 1 aliphatic heterocycles. The summed E-state index contributed by atoms with van der Waals surface area (Å²) in [4.78, 5) is 27.9. The van der Waals surface area contributed by atoms with E-state index >= 15 is 0 Å². The summed E-state index contributed by atoms with van der Waals surface area (Å²) >= 11 is 8.59. The number of quaternary nitrogens is 1. The number of ether oxygens (including phenoxy) is 1. The van der Waals surface area contributed by atoms with E-state index in [2.05, 4.69) is 19.2 Å². The van der Waals surface area contributed by atoms with Gasteiger partial charge in [0.15, 0.2) is 0 Å². The number of hydrogen-bond acceptors (Lipinski definition) is 5. The van der Waals surface area contributed by atoms with E-state index in [1.807, 2.05) is 0 Å². The second-order valence-electron chi connectivity index (χ2n) is 6.25. The lowest BCUT2D eigenvalue weighted by atomic mass is 10.0. The van der Waals surface area contributed by atoms with Crippen molar-refractivity contribution in [2.75, 3.05) is 19.0 Å². The van der Waals surface area contributed by atoms with Crippen molar-refractivity contribution < 1.29 is 19.2 Å². The van der Waals surface area contributed by atoms with E-state index in [4.69, 9.17) is 16.3 Å². The molecule has 134 valence electrons. The Morgan fingerprint density at radius 2 is 2.08 bits per heavy atom. The maximum absolute atomic E-state index is 12.5. The number of carbonyl (C=O) groups is 2. The monoisotopic (exact) mass is 399 g/mol. The number of anilines is 1. The topological polar surface area (TPSA) is 59.8 Å². The van der Waals surface area contributed by atoms with Gasteiger partial charge in [-0.15, -0.1) is 22.7 Å². The number of halogens is 1. The second-order valence-corrected chi connectivity index (χ2v) is 9.07. The third kappa shape index (κ3) is 3.74. The molecule has 2 aromatic rings. The summed E-state index contributed by atoms with van der Waals surface area (Å²) in [5.74, 6) is -0.654. The van der Waals surface area contributed by atoms with Crippen LogP contribution in [-0.2, 0) is 17.7 Å². The maximum Gasteiger partial charge on any atom is 0.341 e. The van der Waals surface area contributed by atoms with E-state index in [0.717, 1.165) is 30.0 Å². The zero-order chi connectivity index (χ0) is 18.1. The van der Waals surface area contributed by atoms with Crippen LogP contribution in [0.15, 0.2) is 12.1 Å². The van der Waals surface area contributed by atoms with Crippen molar-refractivity contribution in [2.24, 2.45) is 0 Å². The molecule has 8 heteroatoms. The molecule has 1 amide bonds. The van der Waals surface area contributed by atoms with Crippen molar-refractivity contribution in [3.63, 3.8) is 0 Å². The molecule has 2 aromatic heterocycles. The smallest absolute Gasteiger partial charge is 0.341 e. The molecule has 0 aliphatic carbocycles. The summed E-state index contributed by atoms with van der Waals surface area (Å²) in [7, 11) is 1.37. The summed E-state index contributed by atoms with van der Waals surface area (Å²) in [5.41, 5.74) is 1.52. The van der Waals surface area contributed by atoms with Gasteiger partial charge in [0.05, 0.1) is 39.4 Å². The molecule has 3 rings (SSSR count). The minimum atomic E-state index is -0.398. The van der Waals surface area contributed by atoms with Crippen LogP contribution in [0.3, 0.4) is 0 Å². The Hall–Kier alpha value is -1.41. The van der Waals surface area contributed by atoms with Gasteiger partial charge >= 0.3 is 5.97 Å². The van der Waals surface area contributed by atoms with Crippen LogP contribution >= 0.6 is 34.3 Å². The number of rotatable bonds is 4. The number of fused-ring (bicyclic) bond motifs is 1. The highest BCUT2D eigenvalue weighted by Gasteiger charge is 2.32. The van der Waals surface area contributed by atoms with Crippen LogP contribution in [0.5, 0.6) is 0 Å². The van der Waals surface area contributed by atoms with Gasteiger partial charge in [-0.05, 0) is 31.5 Å². The number of amides is 1. The fourth-order valence-corrected chi connectivity index (χ4v) is 5.22. The molecule has 25 heavy (non-hydrogen) atoms. The van der Waals surface area contributed by atoms with E-state index in [0.29, 0.717) is 25.8 Å². The SMILES string of the molecule is COC(=O)c1c(NC(=O)c2ccc(Cl)s2)sc2c1CC[NH+](C(C)C)C2. The molecule has 2 N–H and O–H groups in total. The Bertz CT molecular complexity index is 813. The van der Waals surface area contributed by atoms with Crippen molar-refractivity contribution in [1.82, 2.24) is 0 Å². The van der Waals surface area contributed by atoms with Crippen molar-refractivity contribution in [1.29, 1.82) is 0 Å². The lowest BCUT2D eigenvalue weighted by Crippen LogP contribution is -3.14. The van der Waals surface area contributed by atoms with Crippen LogP contribution < -0.4 is 10.2 Å². The summed E-state index contributed by atoms with van der Waals surface area (Å²) in [6, 6.07) is 3.88. The number of esters is 1. The van der Waals surface area contributed by atoms with E-state index < -0.39 is 5.97 Å². The summed E-state index contributed by atoms with van der Waals surface area (Å²) < 4.78 is 5.51. The molecule has 0 saturated carbocycles. The Labute approximate surface area is 159 Å². The third-order valence-corrected chi connectivity index (χ3v) is 6.78. The predicted octanol–water partition coefficient (Wildman–Crippen LogP) is 2.85. The first kappa shape index (κ1) is 18.4. The standard InChI is InChI=1S/C17H19ClN2O3S2/c1-9(2)20-7-6-10-12(8-20)25-16(14(10)17(22)23-3)19-15(21)11-4-5-13(18)24-11/h4-5,9H,6-8H2,1-3H3,(H,19,21)/p+1. The van der Waals surface area contributed by atoms with Crippen molar-refractivity contribution in [3.05, 3.63) is 37.4 Å². The van der Waals surface area contributed by atoms with Gasteiger partial charge in [0.25, 0.3) is 5.91 Å². The highest BCUT2D eigenvalue weighted by Crippen LogP contribution is 2.36. The average Bonchev–Trinajstić information content (AvgIpc) is 3.16. The Morgan fingerprint density at radius 3 is 2.68 bits per heavy atom. The number of methoxy groups -OCH3 is 1. The Balaban J connectivity index is 1.93. The zero-order valence-electron chi connectivity index (χ0n) is 14.3. The van der Waals surface area contributed by atoms with E-state index in [9.17, 15) is 9.59 Å². The van der Waals surface area contributed by atoms with Crippen molar-refractivity contribution in [3.8, 4) is 0 Å². The van der Waals surface area contributed by atoms with E-state index in [1.165, 1.54) is 34.7 Å². The van der Waals surface area contributed by atoms with Crippen molar-refractivity contribution in [2.45, 2.75) is 32.9 Å². The van der Waals surface area contributed by atoms with Crippen LogP contribution in [0.25, 0.3) is 0 Å². The fraction of sp³-hybridized carbons (Fsp3) is 0.412. The maximum atomic E-state index is 12.5. The van der Waals surface area contributed by atoms with Gasteiger partial charge in [-0.1, -0.05) is 11.6 Å². The molecule has 0 radical (unpaired) electrons. The molecule has 0 aromatic carbocycles. The van der Waals surface area contributed by atoms with Crippen LogP contribution in [0.1, 0.15) is 44.3 Å². The fourth-order valence-electron chi connectivity index (χ4n) is 3.00. The Kier molecular flexibility index (Phi) is 5.48. The molecule has 5 nitrogen and oxygen atoms in total. The summed E-state index contributed by atoms with van der Waals surface area (Å²) in [6.07, 6.45) is 0.810. The number of nitrogens with one attached hydrogen (secondary N) is 2. The minimum Gasteiger partial charge on any atom is -0.465 e. The largest absolute Gasteiger partial charge is 0.465 e. The van der Waals surface area contributed by atoms with Crippen LogP contribution in [0.2, 0.25) is 4.34 Å². The number of thiophene rings is 2. The normalized spacial score (nSPS) is 16.6. The zero-order valence-corrected chi connectivity index (χ0v) is 16.7. The van der Waals surface area contributed by atoms with Gasteiger partial charge < -0.3 is 15.0 Å². The van der Waals surface area contributed by atoms with Gasteiger partial charge in [0, 0.05) is 6.42 Å². The number of carbonyl (C=O) groups excluding carboxylic acids is 2. The predicted molar refractivity (Wildman–Crippen MR) is 101 cm³/mol. The van der Waals surface area contributed by atoms with Crippen LogP contribution in [0, 0.1) is 0 Å². The van der Waals surface area contributed by atoms with Crippen LogP contribution in [-0.4, -0.2) is 31.6 Å². The average molecular weight is 400 g/mol. The summed E-state index contributed by atoms with van der Waals surface area (Å²) in [6.45, 7) is 6.22. The molecule has 0 bridgehead atoms. The highest BCUT2D eigenvalue weighted by molar-refractivity contribution is 7.18. The first-order valence-electron chi connectivity index (χ1n) is 8.04. The molecule has 3 heterocycles. The van der Waals surface area contributed by atoms with Gasteiger partial charge in [0.2, 0.25) is 0 Å². The second kappa shape index (κ2) is 7.45. The molecule has 1 unspecified atom stereocenters. The molecule has 0 fully saturated rings. The molecule has 0 spiro atoms. The molecule has 0 saturated heterocycles. The van der Waals surface area contributed by atoms with Gasteiger partial charge in [-0.3, -0.25) is 4.79 Å². The molecular weight excluding hydrogens is 380 g/mol. The van der Waals surface area contributed by atoms with E-state index in [-0.39, 0.29) is 5.91 Å².